The summed E-state index contributed by atoms with van der Waals surface area (Å²) in [5.41, 5.74) is 0.890. The molecule has 0 saturated heterocycles. The maximum absolute atomic E-state index is 9.67. The van der Waals surface area contributed by atoms with Crippen molar-refractivity contribution in [1.29, 1.82) is 0 Å². The third-order valence-electron chi connectivity index (χ3n) is 2.94. The maximum atomic E-state index is 9.67. The minimum absolute atomic E-state index is 0.199. The van der Waals surface area contributed by atoms with Crippen LogP contribution in [0.4, 0.5) is 0 Å². The van der Waals surface area contributed by atoms with E-state index in [1.807, 2.05) is 0 Å². The first-order valence-corrected chi connectivity index (χ1v) is 5.85. The molecule has 1 N–H and O–H groups in total. The molecule has 94 valence electrons. The molecular weight excluding hydrogens is 214 g/mol. The van der Waals surface area contributed by atoms with Crippen LogP contribution in [-0.2, 0) is 0 Å². The molecule has 0 spiro atoms. The zero-order valence-electron chi connectivity index (χ0n) is 11.0. The fourth-order valence-corrected chi connectivity index (χ4v) is 1.27. The second-order valence-corrected chi connectivity index (χ2v) is 4.91. The average molecular weight is 235 g/mol. The first kappa shape index (κ1) is 13.6. The van der Waals surface area contributed by atoms with Gasteiger partial charge < -0.3 is 9.84 Å². The van der Waals surface area contributed by atoms with E-state index < -0.39 is 0 Å². The fraction of sp³-hybridized carbons (Fsp3) is 0.500. The van der Waals surface area contributed by atoms with Gasteiger partial charge in [0.05, 0.1) is 7.11 Å². The van der Waals surface area contributed by atoms with Crippen molar-refractivity contribution in [2.45, 2.75) is 27.2 Å². The van der Waals surface area contributed by atoms with E-state index in [1.165, 1.54) is 0 Å². The van der Waals surface area contributed by atoms with Crippen molar-refractivity contribution >= 4 is 6.21 Å². The number of aromatic hydroxyl groups is 1. The molecule has 0 aliphatic carbocycles. The molecule has 0 bridgehead atoms. The van der Waals surface area contributed by atoms with Crippen LogP contribution < -0.4 is 4.74 Å². The quantitative estimate of drug-likeness (QED) is 0.796. The number of hydrogen-bond donors (Lipinski definition) is 1. The van der Waals surface area contributed by atoms with Gasteiger partial charge in [-0.2, -0.15) is 0 Å². The van der Waals surface area contributed by atoms with Gasteiger partial charge in [-0.05, 0) is 30.0 Å². The van der Waals surface area contributed by atoms with Crippen LogP contribution in [0.15, 0.2) is 23.2 Å². The standard InChI is InChI=1S/C14H21NO2/c1-5-14(2,3)10-15-9-11-8-12(17-4)6-7-13(11)16/h6-9,16H,5,10H2,1-4H3. The van der Waals surface area contributed by atoms with Crippen molar-refractivity contribution in [2.24, 2.45) is 10.4 Å². The predicted molar refractivity (Wildman–Crippen MR) is 71.2 cm³/mol. The molecule has 1 rings (SSSR count). The number of aliphatic imine (C=N–C) groups is 1. The normalized spacial score (nSPS) is 12.0. The molecule has 0 fully saturated rings. The molecule has 3 nitrogen and oxygen atoms in total. The second kappa shape index (κ2) is 5.71. The van der Waals surface area contributed by atoms with E-state index in [2.05, 4.69) is 25.8 Å². The highest BCUT2D eigenvalue weighted by molar-refractivity contribution is 5.84. The number of methoxy groups -OCH3 is 1. The van der Waals surface area contributed by atoms with E-state index >= 15 is 0 Å². The molecule has 0 unspecified atom stereocenters. The number of ether oxygens (including phenoxy) is 1. The van der Waals surface area contributed by atoms with Gasteiger partial charge in [0.1, 0.15) is 11.5 Å². The van der Waals surface area contributed by atoms with Gasteiger partial charge in [0.2, 0.25) is 0 Å². The molecule has 0 atom stereocenters. The van der Waals surface area contributed by atoms with Crippen molar-refractivity contribution in [2.75, 3.05) is 13.7 Å². The fourth-order valence-electron chi connectivity index (χ4n) is 1.27. The topological polar surface area (TPSA) is 41.8 Å². The van der Waals surface area contributed by atoms with Gasteiger partial charge in [-0.3, -0.25) is 4.99 Å². The van der Waals surface area contributed by atoms with Crippen LogP contribution >= 0.6 is 0 Å². The molecule has 1 aromatic carbocycles. The Morgan fingerprint density at radius 2 is 2.12 bits per heavy atom. The van der Waals surface area contributed by atoms with Gasteiger partial charge in [0.25, 0.3) is 0 Å². The van der Waals surface area contributed by atoms with Crippen molar-refractivity contribution in [1.82, 2.24) is 0 Å². The largest absolute Gasteiger partial charge is 0.507 e. The Kier molecular flexibility index (Phi) is 4.55. The van der Waals surface area contributed by atoms with Crippen LogP contribution in [0, 0.1) is 5.41 Å². The van der Waals surface area contributed by atoms with Crippen molar-refractivity contribution in [3.63, 3.8) is 0 Å². The molecule has 0 aliphatic rings. The van der Waals surface area contributed by atoms with E-state index in [4.69, 9.17) is 4.74 Å². The van der Waals surface area contributed by atoms with Crippen LogP contribution in [-0.4, -0.2) is 25.0 Å². The molecule has 0 aliphatic heterocycles. The molecule has 0 aromatic heterocycles. The van der Waals surface area contributed by atoms with E-state index in [-0.39, 0.29) is 11.2 Å². The van der Waals surface area contributed by atoms with E-state index in [0.717, 1.165) is 18.7 Å². The molecule has 3 heteroatoms. The zero-order chi connectivity index (χ0) is 12.9. The van der Waals surface area contributed by atoms with Crippen LogP contribution in [0.3, 0.4) is 0 Å². The summed E-state index contributed by atoms with van der Waals surface area (Å²) < 4.78 is 5.11. The average Bonchev–Trinajstić information content (AvgIpc) is 2.31. The second-order valence-electron chi connectivity index (χ2n) is 4.91. The van der Waals surface area contributed by atoms with Crippen molar-refractivity contribution in [3.8, 4) is 11.5 Å². The third kappa shape index (κ3) is 4.10. The summed E-state index contributed by atoms with van der Waals surface area (Å²) in [7, 11) is 1.60. The lowest BCUT2D eigenvalue weighted by Crippen LogP contribution is -2.13. The van der Waals surface area contributed by atoms with Gasteiger partial charge in [-0.15, -0.1) is 0 Å². The summed E-state index contributed by atoms with van der Waals surface area (Å²) in [5.74, 6) is 0.947. The van der Waals surface area contributed by atoms with Gasteiger partial charge in [-0.1, -0.05) is 20.8 Å². The summed E-state index contributed by atoms with van der Waals surface area (Å²) in [4.78, 5) is 4.38. The highest BCUT2D eigenvalue weighted by atomic mass is 16.5. The lowest BCUT2D eigenvalue weighted by Gasteiger charge is -2.19. The van der Waals surface area contributed by atoms with Crippen LogP contribution in [0.25, 0.3) is 0 Å². The summed E-state index contributed by atoms with van der Waals surface area (Å²) in [5, 5.41) is 9.67. The van der Waals surface area contributed by atoms with Gasteiger partial charge in [0, 0.05) is 18.3 Å². The molecule has 17 heavy (non-hydrogen) atoms. The molecule has 0 amide bonds. The Labute approximate surface area is 103 Å². The van der Waals surface area contributed by atoms with E-state index in [9.17, 15) is 5.11 Å². The maximum Gasteiger partial charge on any atom is 0.124 e. The SMILES string of the molecule is CCC(C)(C)CN=Cc1cc(OC)ccc1O. The first-order valence-electron chi connectivity index (χ1n) is 5.85. The lowest BCUT2D eigenvalue weighted by molar-refractivity contribution is 0.366. The third-order valence-corrected chi connectivity index (χ3v) is 2.94. The first-order chi connectivity index (χ1) is 7.98. The number of benzene rings is 1. The molecule has 0 heterocycles. The Hall–Kier alpha value is -1.51. The number of hydrogen-bond acceptors (Lipinski definition) is 3. The Morgan fingerprint density at radius 3 is 2.71 bits per heavy atom. The minimum atomic E-state index is 0.199. The molecular formula is C14H21NO2. The highest BCUT2D eigenvalue weighted by Gasteiger charge is 2.13. The Bertz CT molecular complexity index is 397. The van der Waals surface area contributed by atoms with Crippen LogP contribution in [0.5, 0.6) is 11.5 Å². The zero-order valence-corrected chi connectivity index (χ0v) is 11.0. The Morgan fingerprint density at radius 1 is 1.41 bits per heavy atom. The monoisotopic (exact) mass is 235 g/mol. The van der Waals surface area contributed by atoms with E-state index in [1.54, 1.807) is 31.5 Å². The van der Waals surface area contributed by atoms with Crippen molar-refractivity contribution in [3.05, 3.63) is 23.8 Å². The number of phenolic OH excluding ortho intramolecular Hbond substituents is 1. The Balaban J connectivity index is 2.77. The highest BCUT2D eigenvalue weighted by Crippen LogP contribution is 2.22. The molecule has 0 saturated carbocycles. The van der Waals surface area contributed by atoms with Crippen molar-refractivity contribution < 1.29 is 9.84 Å². The number of phenols is 1. The smallest absolute Gasteiger partial charge is 0.124 e. The number of nitrogens with zero attached hydrogens (tertiary/aromatic N) is 1. The van der Waals surface area contributed by atoms with Gasteiger partial charge in [0.15, 0.2) is 0 Å². The number of rotatable bonds is 5. The van der Waals surface area contributed by atoms with Crippen LogP contribution in [0.1, 0.15) is 32.8 Å². The molecule has 0 radical (unpaired) electrons. The van der Waals surface area contributed by atoms with Crippen LogP contribution in [0.2, 0.25) is 0 Å². The van der Waals surface area contributed by atoms with Gasteiger partial charge >= 0.3 is 0 Å². The summed E-state index contributed by atoms with van der Waals surface area (Å²) in [6, 6.07) is 5.12. The van der Waals surface area contributed by atoms with E-state index in [0.29, 0.717) is 5.56 Å². The summed E-state index contributed by atoms with van der Waals surface area (Å²) >= 11 is 0. The predicted octanol–water partition coefficient (Wildman–Crippen LogP) is 3.26. The van der Waals surface area contributed by atoms with Gasteiger partial charge in [-0.25, -0.2) is 0 Å². The lowest BCUT2D eigenvalue weighted by atomic mass is 9.91. The summed E-state index contributed by atoms with van der Waals surface area (Å²) in [6.07, 6.45) is 2.78. The molecule has 1 aromatic rings. The minimum Gasteiger partial charge on any atom is -0.507 e. The summed E-state index contributed by atoms with van der Waals surface area (Å²) in [6.45, 7) is 7.25.